The minimum Gasteiger partial charge on any atom is -0.396 e. The van der Waals surface area contributed by atoms with Gasteiger partial charge in [0.15, 0.2) is 0 Å². The molecule has 0 aromatic rings. The minimum atomic E-state index is -0.0231. The van der Waals surface area contributed by atoms with Crippen molar-refractivity contribution in [3.8, 4) is 0 Å². The van der Waals surface area contributed by atoms with E-state index in [1.807, 2.05) is 0 Å². The van der Waals surface area contributed by atoms with Crippen LogP contribution >= 0.6 is 0 Å². The second-order valence-corrected chi connectivity index (χ2v) is 2.09. The molecule has 0 fully saturated rings. The zero-order valence-electron chi connectivity index (χ0n) is 6.87. The summed E-state index contributed by atoms with van der Waals surface area (Å²) in [6.45, 7) is 1.79. The van der Waals surface area contributed by atoms with Crippen molar-refractivity contribution in [1.82, 2.24) is 0 Å². The summed E-state index contributed by atoms with van der Waals surface area (Å²) in [6.07, 6.45) is 0.608. The number of aliphatic hydroxyl groups is 1. The number of hydrogen-bond donors (Lipinski definition) is 5. The van der Waals surface area contributed by atoms with Crippen molar-refractivity contribution in [3.63, 3.8) is 0 Å². The Bertz CT molecular complexity index is 60.5. The van der Waals surface area contributed by atoms with Crippen LogP contribution in [-0.4, -0.2) is 37.4 Å². The Balaban J connectivity index is 0. The largest absolute Gasteiger partial charge is 0.396 e. The van der Waals surface area contributed by atoms with E-state index in [1.54, 1.807) is 0 Å². The molecule has 0 aromatic heterocycles. The van der Waals surface area contributed by atoms with Gasteiger partial charge in [0.1, 0.15) is 0 Å². The van der Waals surface area contributed by atoms with Gasteiger partial charge in [-0.25, -0.2) is 0 Å². The van der Waals surface area contributed by atoms with E-state index >= 15 is 0 Å². The second-order valence-electron chi connectivity index (χ2n) is 2.09. The lowest BCUT2D eigenvalue weighted by Gasteiger charge is -2.02. The van der Waals surface area contributed by atoms with Crippen molar-refractivity contribution in [3.05, 3.63) is 0 Å². The zero-order valence-corrected chi connectivity index (χ0v) is 6.87. The third-order valence-corrected chi connectivity index (χ3v) is 0.969. The van der Waals surface area contributed by atoms with Crippen LogP contribution < -0.4 is 22.9 Å². The van der Waals surface area contributed by atoms with Crippen LogP contribution in [-0.2, 0) is 0 Å². The standard InChI is InChI=1S/C4H12N2O.C2H8N2/c5-3-4(6)1-2-7;3-1-2-4/h4,7H,1-3,5-6H2;1-4H2. The first kappa shape index (κ1) is 13.4. The van der Waals surface area contributed by atoms with E-state index in [2.05, 4.69) is 0 Å². The highest BCUT2D eigenvalue weighted by molar-refractivity contribution is 4.58. The Morgan fingerprint density at radius 1 is 1.09 bits per heavy atom. The fourth-order valence-electron chi connectivity index (χ4n) is 0.284. The fourth-order valence-corrected chi connectivity index (χ4v) is 0.284. The third-order valence-electron chi connectivity index (χ3n) is 0.969. The predicted molar refractivity (Wildman–Crippen MR) is 46.8 cm³/mol. The third kappa shape index (κ3) is 17.7. The van der Waals surface area contributed by atoms with Gasteiger partial charge in [0.25, 0.3) is 0 Å². The average molecular weight is 164 g/mol. The maximum absolute atomic E-state index is 8.23. The average Bonchev–Trinajstić information content (AvgIpc) is 2.05. The fraction of sp³-hybridized carbons (Fsp3) is 1.00. The molecule has 0 amide bonds. The highest BCUT2D eigenvalue weighted by Crippen LogP contribution is 1.79. The van der Waals surface area contributed by atoms with Gasteiger partial charge in [-0.15, -0.1) is 0 Å². The molecule has 5 nitrogen and oxygen atoms in total. The molecule has 0 aliphatic heterocycles. The van der Waals surface area contributed by atoms with E-state index in [9.17, 15) is 0 Å². The van der Waals surface area contributed by atoms with Gasteiger partial charge < -0.3 is 28.0 Å². The first-order valence-electron chi connectivity index (χ1n) is 3.69. The molecule has 0 saturated carbocycles. The maximum Gasteiger partial charge on any atom is 0.0446 e. The lowest BCUT2D eigenvalue weighted by molar-refractivity contribution is 0.277. The van der Waals surface area contributed by atoms with Gasteiger partial charge in [0.05, 0.1) is 0 Å². The number of rotatable bonds is 4. The maximum atomic E-state index is 8.23. The molecular weight excluding hydrogens is 144 g/mol. The lowest BCUT2D eigenvalue weighted by Crippen LogP contribution is -2.30. The molecule has 11 heavy (non-hydrogen) atoms. The van der Waals surface area contributed by atoms with Crippen LogP contribution in [0.4, 0.5) is 0 Å². The molecule has 0 saturated heterocycles. The van der Waals surface area contributed by atoms with E-state index in [1.165, 1.54) is 0 Å². The Morgan fingerprint density at radius 2 is 1.55 bits per heavy atom. The highest BCUT2D eigenvalue weighted by Gasteiger charge is 1.93. The van der Waals surface area contributed by atoms with Crippen molar-refractivity contribution in [2.75, 3.05) is 26.2 Å². The normalized spacial score (nSPS) is 11.7. The van der Waals surface area contributed by atoms with Gasteiger partial charge in [-0.2, -0.15) is 0 Å². The Hall–Kier alpha value is -0.200. The molecule has 0 spiro atoms. The zero-order chi connectivity index (χ0) is 9.11. The van der Waals surface area contributed by atoms with E-state index in [0.29, 0.717) is 26.1 Å². The van der Waals surface area contributed by atoms with Crippen LogP contribution in [0.25, 0.3) is 0 Å². The molecule has 1 atom stereocenters. The molecule has 0 bridgehead atoms. The smallest absolute Gasteiger partial charge is 0.0446 e. The van der Waals surface area contributed by atoms with Crippen molar-refractivity contribution in [1.29, 1.82) is 0 Å². The van der Waals surface area contributed by atoms with Gasteiger partial charge in [-0.3, -0.25) is 0 Å². The first-order chi connectivity index (χ1) is 5.22. The molecule has 0 rings (SSSR count). The summed E-state index contributed by atoms with van der Waals surface area (Å²) < 4.78 is 0. The van der Waals surface area contributed by atoms with Crippen LogP contribution in [0, 0.1) is 0 Å². The monoisotopic (exact) mass is 164 g/mol. The molecule has 0 heterocycles. The Morgan fingerprint density at radius 3 is 1.64 bits per heavy atom. The van der Waals surface area contributed by atoms with Crippen molar-refractivity contribution < 1.29 is 5.11 Å². The summed E-state index contributed by atoms with van der Waals surface area (Å²) in [5.74, 6) is 0. The van der Waals surface area contributed by atoms with Crippen LogP contribution in [0.2, 0.25) is 0 Å². The molecule has 9 N–H and O–H groups in total. The molecule has 0 aliphatic carbocycles. The summed E-state index contributed by atoms with van der Waals surface area (Å²) >= 11 is 0. The van der Waals surface area contributed by atoms with Gasteiger partial charge in [-0.05, 0) is 6.42 Å². The summed E-state index contributed by atoms with van der Waals surface area (Å²) in [7, 11) is 0. The van der Waals surface area contributed by atoms with Crippen LogP contribution in [0.5, 0.6) is 0 Å². The molecule has 70 valence electrons. The van der Waals surface area contributed by atoms with E-state index in [-0.39, 0.29) is 12.6 Å². The number of nitrogens with two attached hydrogens (primary N) is 4. The first-order valence-corrected chi connectivity index (χ1v) is 3.69. The topological polar surface area (TPSA) is 124 Å². The summed E-state index contributed by atoms with van der Waals surface area (Å²) in [5, 5.41) is 8.23. The van der Waals surface area contributed by atoms with Crippen LogP contribution in [0.1, 0.15) is 6.42 Å². The quantitative estimate of drug-likeness (QED) is 0.316. The number of aliphatic hydroxyl groups excluding tert-OH is 1. The highest BCUT2D eigenvalue weighted by atomic mass is 16.3. The molecule has 5 heteroatoms. The molecule has 0 radical (unpaired) electrons. The number of hydrogen-bond acceptors (Lipinski definition) is 5. The van der Waals surface area contributed by atoms with Crippen LogP contribution in [0.3, 0.4) is 0 Å². The van der Waals surface area contributed by atoms with Gasteiger partial charge >= 0.3 is 0 Å². The van der Waals surface area contributed by atoms with Gasteiger partial charge in [-0.1, -0.05) is 0 Å². The van der Waals surface area contributed by atoms with Crippen molar-refractivity contribution in [2.45, 2.75) is 12.5 Å². The summed E-state index contributed by atoms with van der Waals surface area (Å²) in [4.78, 5) is 0. The molecular formula is C6H20N4O. The van der Waals surface area contributed by atoms with Gasteiger partial charge in [0.2, 0.25) is 0 Å². The van der Waals surface area contributed by atoms with E-state index in [0.717, 1.165) is 0 Å². The predicted octanol–water partition coefficient (Wildman–Crippen LogP) is -2.44. The minimum absolute atomic E-state index is 0.0231. The molecule has 0 aliphatic rings. The summed E-state index contributed by atoms with van der Waals surface area (Å²) in [5.41, 5.74) is 20.2. The molecule has 1 unspecified atom stereocenters. The Labute approximate surface area is 67.7 Å². The lowest BCUT2D eigenvalue weighted by atomic mass is 10.2. The SMILES string of the molecule is NCC(N)CCO.NCCN. The van der Waals surface area contributed by atoms with Gasteiger partial charge in [0, 0.05) is 32.3 Å². The Kier molecular flexibility index (Phi) is 15.2. The van der Waals surface area contributed by atoms with Crippen molar-refractivity contribution in [2.24, 2.45) is 22.9 Å². The van der Waals surface area contributed by atoms with E-state index < -0.39 is 0 Å². The van der Waals surface area contributed by atoms with Crippen molar-refractivity contribution >= 4 is 0 Å². The van der Waals surface area contributed by atoms with E-state index in [4.69, 9.17) is 28.0 Å². The molecule has 0 aromatic carbocycles. The van der Waals surface area contributed by atoms with Crippen LogP contribution in [0.15, 0.2) is 0 Å². The summed E-state index contributed by atoms with van der Waals surface area (Å²) in [6, 6.07) is -0.0231. The second kappa shape index (κ2) is 12.5.